The molecule has 0 amide bonds. The number of hydrogen-bond acceptors (Lipinski definition) is 1. The fourth-order valence-electron chi connectivity index (χ4n) is 0. The Kier molecular flexibility index (Phi) is 8.15. The minimum absolute atomic E-state index is 0. The molecule has 3 heteroatoms. The van der Waals surface area contributed by atoms with Gasteiger partial charge in [0.15, 0.2) is 0 Å². The van der Waals surface area contributed by atoms with E-state index in [1.165, 1.54) is 0 Å². The summed E-state index contributed by atoms with van der Waals surface area (Å²) in [4.78, 5) is 0.500. The van der Waals surface area contributed by atoms with Crippen LogP contribution in [-0.2, 0) is 0 Å². The molecule has 0 atom stereocenters. The van der Waals surface area contributed by atoms with Crippen molar-refractivity contribution in [3.8, 4) is 0 Å². The Morgan fingerprint density at radius 1 is 1.80 bits per heavy atom. The van der Waals surface area contributed by atoms with Crippen LogP contribution in [0.1, 0.15) is 6.92 Å². The zero-order chi connectivity index (χ0) is 3.58. The predicted molar refractivity (Wildman–Crippen MR) is 29.6 cm³/mol. The molecule has 0 fully saturated rings. The third-order valence-electron chi connectivity index (χ3n) is 0. The number of rotatable bonds is 0. The summed E-state index contributed by atoms with van der Waals surface area (Å²) in [6, 6.07) is 0. The van der Waals surface area contributed by atoms with E-state index in [0.29, 0.717) is 4.99 Å². The van der Waals surface area contributed by atoms with Gasteiger partial charge >= 0.3 is 18.9 Å². The summed E-state index contributed by atoms with van der Waals surface area (Å²) in [7, 11) is 0. The Balaban J connectivity index is 0. The molecule has 0 rings (SSSR count). The van der Waals surface area contributed by atoms with Crippen molar-refractivity contribution in [3.05, 3.63) is 0 Å². The van der Waals surface area contributed by atoms with E-state index in [2.05, 4.69) is 12.2 Å². The molecular weight excluding hydrogens is 77.0 g/mol. The van der Waals surface area contributed by atoms with Gasteiger partial charge < -0.3 is 5.73 Å². The van der Waals surface area contributed by atoms with E-state index in [1.54, 1.807) is 6.92 Å². The fraction of sp³-hybridized carbons (Fsp3) is 0.500. The van der Waals surface area contributed by atoms with Crippen LogP contribution in [0.3, 0.4) is 0 Å². The Bertz CT molecular complexity index is 32.6. The van der Waals surface area contributed by atoms with Gasteiger partial charge in [0.25, 0.3) is 0 Å². The van der Waals surface area contributed by atoms with Gasteiger partial charge in [-0.05, 0) is 6.92 Å². The van der Waals surface area contributed by atoms with Gasteiger partial charge in [0.1, 0.15) is 0 Å². The Hall–Kier alpha value is 0.487. The number of thiocarbonyl (C=S) groups is 1. The molecule has 0 aromatic heterocycles. The van der Waals surface area contributed by atoms with E-state index >= 15 is 0 Å². The molecule has 0 aliphatic carbocycles. The molecule has 0 aliphatic rings. The zero-order valence-electron chi connectivity index (χ0n) is 2.49. The van der Waals surface area contributed by atoms with Crippen LogP contribution in [-0.4, -0.2) is 23.8 Å². The summed E-state index contributed by atoms with van der Waals surface area (Å²) in [5, 5.41) is 0. The molecule has 0 spiro atoms. The van der Waals surface area contributed by atoms with Gasteiger partial charge in [-0.15, -0.1) is 0 Å². The van der Waals surface area contributed by atoms with Crippen molar-refractivity contribution in [2.45, 2.75) is 6.92 Å². The second kappa shape index (κ2) is 4.49. The van der Waals surface area contributed by atoms with Crippen molar-refractivity contribution >= 4 is 36.1 Å². The molecule has 0 bridgehead atoms. The Morgan fingerprint density at radius 3 is 1.80 bits per heavy atom. The van der Waals surface area contributed by atoms with Crippen molar-refractivity contribution in [2.24, 2.45) is 5.73 Å². The monoisotopic (exact) mass is 83.0 g/mol. The molecule has 0 aliphatic heterocycles. The van der Waals surface area contributed by atoms with E-state index in [4.69, 9.17) is 5.73 Å². The minimum atomic E-state index is 0. The summed E-state index contributed by atoms with van der Waals surface area (Å²) in [5.41, 5.74) is 4.84. The van der Waals surface area contributed by atoms with Crippen molar-refractivity contribution in [3.63, 3.8) is 0 Å². The van der Waals surface area contributed by atoms with Gasteiger partial charge in [0.2, 0.25) is 0 Å². The molecule has 2 N–H and O–H groups in total. The molecule has 1 nitrogen and oxygen atoms in total. The molecule has 26 valence electrons. The van der Waals surface area contributed by atoms with Crippen LogP contribution >= 0.6 is 12.2 Å². The molecular formula is C2H6LiNS. The van der Waals surface area contributed by atoms with E-state index in [1.807, 2.05) is 0 Å². The van der Waals surface area contributed by atoms with Gasteiger partial charge in [-0.2, -0.15) is 0 Å². The first kappa shape index (κ1) is 9.09. The second-order valence-corrected chi connectivity index (χ2v) is 1.25. The summed E-state index contributed by atoms with van der Waals surface area (Å²) >= 11 is 4.31. The number of nitrogens with two attached hydrogens (primary N) is 1. The van der Waals surface area contributed by atoms with Crippen LogP contribution in [0, 0.1) is 0 Å². The van der Waals surface area contributed by atoms with Crippen LogP contribution in [0.25, 0.3) is 0 Å². The summed E-state index contributed by atoms with van der Waals surface area (Å²) in [5.74, 6) is 0. The third kappa shape index (κ3) is 117. The first-order valence-corrected chi connectivity index (χ1v) is 1.40. The SMILES string of the molecule is CC(N)=S.[LiH]. The third-order valence-corrected chi connectivity index (χ3v) is 0. The first-order chi connectivity index (χ1) is 1.73. The van der Waals surface area contributed by atoms with E-state index < -0.39 is 0 Å². The molecule has 0 saturated heterocycles. The molecule has 0 radical (unpaired) electrons. The van der Waals surface area contributed by atoms with Gasteiger partial charge in [-0.3, -0.25) is 0 Å². The van der Waals surface area contributed by atoms with Gasteiger partial charge in [0.05, 0.1) is 4.99 Å². The molecule has 0 aromatic rings. The molecule has 0 saturated carbocycles. The van der Waals surface area contributed by atoms with Gasteiger partial charge in [-0.25, -0.2) is 0 Å². The van der Waals surface area contributed by atoms with Crippen LogP contribution in [0.4, 0.5) is 0 Å². The van der Waals surface area contributed by atoms with Crippen molar-refractivity contribution in [1.29, 1.82) is 0 Å². The zero-order valence-corrected chi connectivity index (χ0v) is 3.30. The Labute approximate surface area is 49.1 Å². The standard InChI is InChI=1S/C2H5NS.Li.H/c1-2(3)4;;/h1H3,(H2,3,4);;. The second-order valence-electron chi connectivity index (χ2n) is 0.611. The maximum absolute atomic E-state index is 4.84. The van der Waals surface area contributed by atoms with E-state index in [-0.39, 0.29) is 18.9 Å². The van der Waals surface area contributed by atoms with Crippen LogP contribution in [0.2, 0.25) is 0 Å². The molecule has 0 unspecified atom stereocenters. The summed E-state index contributed by atoms with van der Waals surface area (Å²) < 4.78 is 0. The van der Waals surface area contributed by atoms with Crippen LogP contribution in [0.5, 0.6) is 0 Å². The average molecular weight is 83.1 g/mol. The molecule has 0 aromatic carbocycles. The molecule has 0 heterocycles. The summed E-state index contributed by atoms with van der Waals surface area (Å²) in [6.45, 7) is 1.68. The van der Waals surface area contributed by atoms with E-state index in [0.717, 1.165) is 0 Å². The summed E-state index contributed by atoms with van der Waals surface area (Å²) in [6.07, 6.45) is 0. The topological polar surface area (TPSA) is 26.0 Å². The first-order valence-electron chi connectivity index (χ1n) is 0.993. The quantitative estimate of drug-likeness (QED) is 0.320. The average Bonchev–Trinajstić information content (AvgIpc) is 0.811. The van der Waals surface area contributed by atoms with Gasteiger partial charge in [0, 0.05) is 0 Å². The number of hydrogen-bond donors (Lipinski definition) is 1. The molecule has 5 heavy (non-hydrogen) atoms. The van der Waals surface area contributed by atoms with Crippen molar-refractivity contribution in [1.82, 2.24) is 0 Å². The van der Waals surface area contributed by atoms with E-state index in [9.17, 15) is 0 Å². The maximum atomic E-state index is 4.84. The van der Waals surface area contributed by atoms with Crippen molar-refractivity contribution in [2.75, 3.05) is 0 Å². The van der Waals surface area contributed by atoms with Crippen molar-refractivity contribution < 1.29 is 0 Å². The predicted octanol–water partition coefficient (Wildman–Crippen LogP) is -0.356. The van der Waals surface area contributed by atoms with Crippen LogP contribution < -0.4 is 5.73 Å². The fourth-order valence-corrected chi connectivity index (χ4v) is 0. The normalized spacial score (nSPS) is 5.00. The van der Waals surface area contributed by atoms with Gasteiger partial charge in [-0.1, -0.05) is 12.2 Å². The van der Waals surface area contributed by atoms with Crippen LogP contribution in [0.15, 0.2) is 0 Å². The Morgan fingerprint density at radius 2 is 1.80 bits per heavy atom.